The van der Waals surface area contributed by atoms with Gasteiger partial charge in [-0.1, -0.05) is 35.9 Å². The number of nitrogens with one attached hydrogen (secondary N) is 2. The summed E-state index contributed by atoms with van der Waals surface area (Å²) in [5.41, 5.74) is 4.38. The van der Waals surface area contributed by atoms with Gasteiger partial charge in [0.05, 0.1) is 11.8 Å². The molecule has 0 amide bonds. The third-order valence-electron chi connectivity index (χ3n) is 7.20. The molecule has 3 aromatic rings. The number of para-hydroxylation sites is 1. The lowest BCUT2D eigenvalue weighted by Gasteiger charge is -2.25. The van der Waals surface area contributed by atoms with Crippen molar-refractivity contribution < 1.29 is 5.11 Å². The van der Waals surface area contributed by atoms with E-state index in [4.69, 9.17) is 11.6 Å². The van der Waals surface area contributed by atoms with Gasteiger partial charge in [0.1, 0.15) is 5.02 Å². The number of halogens is 1. The molecule has 1 unspecified atom stereocenters. The maximum Gasteiger partial charge on any atom is 0.229 e. The summed E-state index contributed by atoms with van der Waals surface area (Å²) in [6.45, 7) is 6.04. The Morgan fingerprint density at radius 2 is 1.74 bits per heavy atom. The number of hydrogen-bond acceptors (Lipinski definition) is 6. The summed E-state index contributed by atoms with van der Waals surface area (Å²) in [6, 6.07) is 14.9. The van der Waals surface area contributed by atoms with Crippen LogP contribution in [0.5, 0.6) is 0 Å². The quantitative estimate of drug-likeness (QED) is 0.357. The molecule has 35 heavy (non-hydrogen) atoms. The van der Waals surface area contributed by atoms with Crippen LogP contribution in [-0.4, -0.2) is 39.1 Å². The SMILES string of the molecule is CC(C)(O)c1ccccc1Nc1nc(Nc2ccc3c(c2)CCC(N2CCCC2)CC3)ncc1Cl. The molecule has 6 nitrogen and oxygen atoms in total. The number of aliphatic hydroxyl groups is 1. The van der Waals surface area contributed by atoms with Crippen LogP contribution in [0.2, 0.25) is 5.02 Å². The van der Waals surface area contributed by atoms with Gasteiger partial charge in [-0.15, -0.1) is 0 Å². The lowest BCUT2D eigenvalue weighted by Crippen LogP contribution is -2.32. The summed E-state index contributed by atoms with van der Waals surface area (Å²) in [7, 11) is 0. The number of aromatic nitrogens is 2. The first-order valence-corrected chi connectivity index (χ1v) is 13.0. The molecule has 0 radical (unpaired) electrons. The Kier molecular flexibility index (Phi) is 6.96. The Balaban J connectivity index is 1.32. The zero-order valence-electron chi connectivity index (χ0n) is 20.5. The maximum atomic E-state index is 10.5. The first kappa shape index (κ1) is 24.0. The predicted molar refractivity (Wildman–Crippen MR) is 143 cm³/mol. The minimum atomic E-state index is -1.00. The second-order valence-corrected chi connectivity index (χ2v) is 10.6. The molecule has 5 rings (SSSR count). The highest BCUT2D eigenvalue weighted by atomic mass is 35.5. The first-order valence-electron chi connectivity index (χ1n) is 12.6. The van der Waals surface area contributed by atoms with Crippen molar-refractivity contribution in [2.75, 3.05) is 23.7 Å². The van der Waals surface area contributed by atoms with Crippen molar-refractivity contribution in [2.24, 2.45) is 0 Å². The standard InChI is InChI=1S/C28H34ClN5O/c1-28(2,35)23-7-3-4-8-25(23)32-26-24(29)18-30-27(33-26)31-21-12-9-19-10-13-22(14-11-20(19)17-21)34-15-5-6-16-34/h3-4,7-9,12,17-18,22,35H,5-6,10-11,13-16H2,1-2H3,(H2,30,31,32,33). The van der Waals surface area contributed by atoms with E-state index in [1.54, 1.807) is 20.0 Å². The van der Waals surface area contributed by atoms with Gasteiger partial charge >= 0.3 is 0 Å². The first-order chi connectivity index (χ1) is 16.9. The molecule has 2 heterocycles. The van der Waals surface area contributed by atoms with Crippen molar-refractivity contribution >= 4 is 34.7 Å². The van der Waals surface area contributed by atoms with E-state index < -0.39 is 5.60 Å². The van der Waals surface area contributed by atoms with Crippen LogP contribution in [0, 0.1) is 0 Å². The summed E-state index contributed by atoms with van der Waals surface area (Å²) < 4.78 is 0. The summed E-state index contributed by atoms with van der Waals surface area (Å²) >= 11 is 6.41. The minimum absolute atomic E-state index is 0.413. The van der Waals surface area contributed by atoms with Crippen LogP contribution in [0.1, 0.15) is 56.2 Å². The number of likely N-dealkylation sites (tertiary alicyclic amines) is 1. The highest BCUT2D eigenvalue weighted by Crippen LogP contribution is 2.32. The molecule has 0 saturated carbocycles. The van der Waals surface area contributed by atoms with Crippen molar-refractivity contribution in [3.63, 3.8) is 0 Å². The fourth-order valence-corrected chi connectivity index (χ4v) is 5.48. The lowest BCUT2D eigenvalue weighted by atomic mass is 9.96. The number of aryl methyl sites for hydroxylation is 2. The van der Waals surface area contributed by atoms with Gasteiger partial charge < -0.3 is 20.6 Å². The average Bonchev–Trinajstić information content (AvgIpc) is 3.28. The molecule has 1 aliphatic heterocycles. The molecule has 0 bridgehead atoms. The molecule has 1 atom stereocenters. The van der Waals surface area contributed by atoms with Gasteiger partial charge in [-0.3, -0.25) is 0 Å². The van der Waals surface area contributed by atoms with Crippen LogP contribution < -0.4 is 10.6 Å². The van der Waals surface area contributed by atoms with Gasteiger partial charge in [0.15, 0.2) is 5.82 Å². The van der Waals surface area contributed by atoms with Crippen molar-refractivity contribution in [3.8, 4) is 0 Å². The maximum absolute atomic E-state index is 10.5. The second-order valence-electron chi connectivity index (χ2n) is 10.2. The zero-order chi connectivity index (χ0) is 24.4. The molecular formula is C28H34ClN5O. The summed E-state index contributed by atoms with van der Waals surface area (Å²) in [5.74, 6) is 0.963. The molecule has 2 aliphatic rings. The van der Waals surface area contributed by atoms with Crippen molar-refractivity contribution in [1.29, 1.82) is 0 Å². The lowest BCUT2D eigenvalue weighted by molar-refractivity contribution is 0.0794. The number of anilines is 4. The van der Waals surface area contributed by atoms with Crippen LogP contribution in [0.15, 0.2) is 48.7 Å². The normalized spacial score (nSPS) is 18.7. The Labute approximate surface area is 212 Å². The summed E-state index contributed by atoms with van der Waals surface area (Å²) in [6.07, 6.45) is 9.01. The molecule has 1 aromatic heterocycles. The van der Waals surface area contributed by atoms with Crippen LogP contribution in [-0.2, 0) is 18.4 Å². The van der Waals surface area contributed by atoms with E-state index in [0.29, 0.717) is 22.8 Å². The Hall–Kier alpha value is -2.67. The van der Waals surface area contributed by atoms with Crippen molar-refractivity contribution in [1.82, 2.24) is 14.9 Å². The number of benzene rings is 2. The summed E-state index contributed by atoms with van der Waals surface area (Å²) in [4.78, 5) is 11.7. The number of rotatable bonds is 6. The zero-order valence-corrected chi connectivity index (χ0v) is 21.3. The van der Waals surface area contributed by atoms with E-state index in [1.807, 2.05) is 24.3 Å². The van der Waals surface area contributed by atoms with E-state index in [9.17, 15) is 5.11 Å². The second kappa shape index (κ2) is 10.1. The van der Waals surface area contributed by atoms with E-state index in [-0.39, 0.29) is 0 Å². The fraction of sp³-hybridized carbons (Fsp3) is 0.429. The predicted octanol–water partition coefficient (Wildman–Crippen LogP) is 6.19. The molecule has 1 saturated heterocycles. The Bertz CT molecular complexity index is 1190. The Morgan fingerprint density at radius 1 is 1.00 bits per heavy atom. The third kappa shape index (κ3) is 5.61. The molecule has 7 heteroatoms. The molecule has 2 aromatic carbocycles. The van der Waals surface area contributed by atoms with Gasteiger partial charge in [0, 0.05) is 23.0 Å². The van der Waals surface area contributed by atoms with E-state index in [2.05, 4.69) is 43.7 Å². The number of hydrogen-bond donors (Lipinski definition) is 3. The molecule has 3 N–H and O–H groups in total. The van der Waals surface area contributed by atoms with Gasteiger partial charge in [0.25, 0.3) is 0 Å². The monoisotopic (exact) mass is 491 g/mol. The highest BCUT2D eigenvalue weighted by molar-refractivity contribution is 6.32. The highest BCUT2D eigenvalue weighted by Gasteiger charge is 2.24. The number of nitrogens with zero attached hydrogens (tertiary/aromatic N) is 3. The van der Waals surface area contributed by atoms with E-state index in [1.165, 1.54) is 49.9 Å². The topological polar surface area (TPSA) is 73.3 Å². The molecular weight excluding hydrogens is 458 g/mol. The van der Waals surface area contributed by atoms with Crippen LogP contribution in [0.4, 0.5) is 23.1 Å². The Morgan fingerprint density at radius 3 is 2.51 bits per heavy atom. The smallest absolute Gasteiger partial charge is 0.229 e. The van der Waals surface area contributed by atoms with Gasteiger partial charge in [-0.25, -0.2) is 4.98 Å². The largest absolute Gasteiger partial charge is 0.386 e. The third-order valence-corrected chi connectivity index (χ3v) is 7.47. The van der Waals surface area contributed by atoms with Crippen molar-refractivity contribution in [2.45, 2.75) is 64.0 Å². The van der Waals surface area contributed by atoms with Crippen molar-refractivity contribution in [3.05, 3.63) is 70.4 Å². The van der Waals surface area contributed by atoms with Crippen LogP contribution in [0.3, 0.4) is 0 Å². The van der Waals surface area contributed by atoms with Crippen LogP contribution >= 0.6 is 11.6 Å². The fourth-order valence-electron chi connectivity index (χ4n) is 5.34. The number of fused-ring (bicyclic) bond motifs is 1. The van der Waals surface area contributed by atoms with Gasteiger partial charge in [-0.2, -0.15) is 4.98 Å². The van der Waals surface area contributed by atoms with E-state index >= 15 is 0 Å². The van der Waals surface area contributed by atoms with Gasteiger partial charge in [-0.05, 0) is 94.8 Å². The molecule has 184 valence electrons. The average molecular weight is 492 g/mol. The van der Waals surface area contributed by atoms with Crippen LogP contribution in [0.25, 0.3) is 0 Å². The van der Waals surface area contributed by atoms with E-state index in [0.717, 1.165) is 29.8 Å². The summed E-state index contributed by atoms with van der Waals surface area (Å²) in [5, 5.41) is 17.6. The van der Waals surface area contributed by atoms with Gasteiger partial charge in [0.2, 0.25) is 5.95 Å². The molecule has 0 spiro atoms. The molecule has 1 fully saturated rings. The minimum Gasteiger partial charge on any atom is -0.386 e. The molecule has 1 aliphatic carbocycles.